The number of carbonyl (C=O) groups is 1. The van der Waals surface area contributed by atoms with Gasteiger partial charge < -0.3 is 9.32 Å². The number of nitrogens with zero attached hydrogens (tertiary/aromatic N) is 1. The molecule has 1 aromatic carbocycles. The Kier molecular flexibility index (Phi) is 3.64. The molecule has 0 unspecified atom stereocenters. The lowest BCUT2D eigenvalue weighted by Crippen LogP contribution is -2.27. The molecule has 0 radical (unpaired) electrons. The second-order valence-corrected chi connectivity index (χ2v) is 4.27. The molecule has 0 N–H and O–H groups in total. The Morgan fingerprint density at radius 3 is 2.37 bits per heavy atom. The summed E-state index contributed by atoms with van der Waals surface area (Å²) in [5.41, 5.74) is -0.548. The molecule has 0 atom stereocenters. The lowest BCUT2D eigenvalue weighted by molar-refractivity contribution is 0.0765. The molecule has 1 heterocycles. The van der Waals surface area contributed by atoms with Crippen molar-refractivity contribution < 1.29 is 18.0 Å². The zero-order valence-electron chi connectivity index (χ0n) is 10.6. The van der Waals surface area contributed by atoms with Crippen LogP contribution in [0.4, 0.5) is 8.78 Å². The van der Waals surface area contributed by atoms with E-state index in [1.165, 1.54) is 18.0 Å². The Balaban J connectivity index is 2.19. The van der Waals surface area contributed by atoms with Crippen molar-refractivity contribution in [3.63, 3.8) is 0 Å². The number of hydrogen-bond donors (Lipinski definition) is 0. The van der Waals surface area contributed by atoms with Crippen molar-refractivity contribution in [1.29, 1.82) is 0 Å². The lowest BCUT2D eigenvalue weighted by Gasteiger charge is -2.16. The van der Waals surface area contributed by atoms with Crippen LogP contribution in [0.15, 0.2) is 34.7 Å². The van der Waals surface area contributed by atoms with E-state index in [-0.39, 0.29) is 6.54 Å². The zero-order chi connectivity index (χ0) is 14.0. The number of amides is 1. The topological polar surface area (TPSA) is 33.5 Å². The molecule has 1 aromatic heterocycles. The van der Waals surface area contributed by atoms with E-state index in [2.05, 4.69) is 0 Å². The van der Waals surface area contributed by atoms with E-state index in [0.717, 1.165) is 12.1 Å². The Morgan fingerprint density at radius 1 is 1.21 bits per heavy atom. The average Bonchev–Trinajstić information content (AvgIpc) is 2.74. The molecule has 100 valence electrons. The molecule has 0 aliphatic carbocycles. The maximum absolute atomic E-state index is 13.5. The second kappa shape index (κ2) is 5.22. The van der Waals surface area contributed by atoms with Gasteiger partial charge in [-0.15, -0.1) is 0 Å². The van der Waals surface area contributed by atoms with Gasteiger partial charge in [-0.3, -0.25) is 4.79 Å². The first kappa shape index (κ1) is 13.3. The van der Waals surface area contributed by atoms with Gasteiger partial charge >= 0.3 is 0 Å². The van der Waals surface area contributed by atoms with E-state index in [4.69, 9.17) is 4.42 Å². The lowest BCUT2D eigenvalue weighted by atomic mass is 10.1. The largest absolute Gasteiger partial charge is 0.464 e. The minimum absolute atomic E-state index is 0.153. The maximum atomic E-state index is 13.5. The fourth-order valence-corrected chi connectivity index (χ4v) is 1.77. The van der Waals surface area contributed by atoms with Gasteiger partial charge in [-0.2, -0.15) is 0 Å². The summed E-state index contributed by atoms with van der Waals surface area (Å²) in [5.74, 6) is -1.18. The molecule has 19 heavy (non-hydrogen) atoms. The van der Waals surface area contributed by atoms with Gasteiger partial charge in [-0.05, 0) is 31.2 Å². The molecule has 0 fully saturated rings. The highest BCUT2D eigenvalue weighted by atomic mass is 19.1. The summed E-state index contributed by atoms with van der Waals surface area (Å²) in [6.45, 7) is 1.93. The quantitative estimate of drug-likeness (QED) is 0.854. The van der Waals surface area contributed by atoms with Crippen LogP contribution in [0.25, 0.3) is 0 Å². The first-order valence-corrected chi connectivity index (χ1v) is 5.74. The van der Waals surface area contributed by atoms with Crippen molar-refractivity contribution in [3.8, 4) is 0 Å². The van der Waals surface area contributed by atoms with Crippen LogP contribution in [0.1, 0.15) is 21.9 Å². The van der Waals surface area contributed by atoms with Crippen LogP contribution in [0, 0.1) is 18.6 Å². The van der Waals surface area contributed by atoms with Crippen molar-refractivity contribution in [3.05, 3.63) is 59.1 Å². The van der Waals surface area contributed by atoms with E-state index in [1.54, 1.807) is 19.1 Å². The van der Waals surface area contributed by atoms with Crippen molar-refractivity contribution in [1.82, 2.24) is 4.90 Å². The molecule has 0 aliphatic rings. The fraction of sp³-hybridized carbons (Fsp3) is 0.214. The molecule has 2 rings (SSSR count). The molecule has 2 aromatic rings. The van der Waals surface area contributed by atoms with Crippen molar-refractivity contribution in [2.24, 2.45) is 0 Å². The molecular weight excluding hydrogens is 252 g/mol. The highest BCUT2D eigenvalue weighted by Gasteiger charge is 2.21. The number of hydrogen-bond acceptors (Lipinski definition) is 2. The number of furan rings is 1. The van der Waals surface area contributed by atoms with E-state index < -0.39 is 23.1 Å². The van der Waals surface area contributed by atoms with Gasteiger partial charge in [0.15, 0.2) is 0 Å². The van der Waals surface area contributed by atoms with E-state index in [0.29, 0.717) is 11.5 Å². The van der Waals surface area contributed by atoms with Crippen molar-refractivity contribution >= 4 is 5.91 Å². The van der Waals surface area contributed by atoms with Crippen molar-refractivity contribution in [2.45, 2.75) is 13.5 Å². The van der Waals surface area contributed by atoms with Gasteiger partial charge in [0.25, 0.3) is 5.91 Å². The Bertz CT molecular complexity index is 587. The summed E-state index contributed by atoms with van der Waals surface area (Å²) in [6, 6.07) is 6.81. The Labute approximate surface area is 109 Å². The summed E-state index contributed by atoms with van der Waals surface area (Å²) in [4.78, 5) is 13.2. The first-order valence-electron chi connectivity index (χ1n) is 5.74. The molecule has 0 spiro atoms. The molecule has 5 heteroatoms. The minimum atomic E-state index is -0.868. The number of halogens is 2. The Hall–Kier alpha value is -2.17. The normalized spacial score (nSPS) is 10.5. The molecule has 0 aliphatic heterocycles. The predicted octanol–water partition coefficient (Wildman–Crippen LogP) is 3.14. The Morgan fingerprint density at radius 2 is 1.84 bits per heavy atom. The highest BCUT2D eigenvalue weighted by molar-refractivity contribution is 5.94. The average molecular weight is 265 g/mol. The van der Waals surface area contributed by atoms with Gasteiger partial charge in [0.2, 0.25) is 0 Å². The molecule has 1 amide bonds. The third-order valence-corrected chi connectivity index (χ3v) is 2.71. The third-order valence-electron chi connectivity index (χ3n) is 2.71. The SMILES string of the molecule is Cc1ccc(CN(C)C(=O)c2c(F)cccc2F)o1. The van der Waals surface area contributed by atoms with E-state index in [9.17, 15) is 13.6 Å². The predicted molar refractivity (Wildman–Crippen MR) is 65.6 cm³/mol. The number of benzene rings is 1. The molecule has 0 saturated carbocycles. The summed E-state index contributed by atoms with van der Waals surface area (Å²) in [6.07, 6.45) is 0. The summed E-state index contributed by atoms with van der Waals surface area (Å²) in [7, 11) is 1.46. The fourth-order valence-electron chi connectivity index (χ4n) is 1.77. The monoisotopic (exact) mass is 265 g/mol. The highest BCUT2D eigenvalue weighted by Crippen LogP contribution is 2.16. The number of aryl methyl sites for hydroxylation is 1. The van der Waals surface area contributed by atoms with Crippen LogP contribution in [-0.2, 0) is 6.54 Å². The molecule has 0 saturated heterocycles. The standard InChI is InChI=1S/C14H13F2NO2/c1-9-6-7-10(19-9)8-17(2)14(18)13-11(15)4-3-5-12(13)16/h3-7H,8H2,1-2H3. The van der Waals surface area contributed by atoms with Gasteiger partial charge in [0.1, 0.15) is 28.7 Å². The summed E-state index contributed by atoms with van der Waals surface area (Å²) < 4.78 is 32.3. The van der Waals surface area contributed by atoms with Crippen LogP contribution in [-0.4, -0.2) is 17.9 Å². The molecular formula is C14H13F2NO2. The second-order valence-electron chi connectivity index (χ2n) is 4.27. The van der Waals surface area contributed by atoms with Gasteiger partial charge in [0.05, 0.1) is 6.54 Å². The van der Waals surface area contributed by atoms with Gasteiger partial charge in [-0.1, -0.05) is 6.07 Å². The zero-order valence-corrected chi connectivity index (χ0v) is 10.6. The number of rotatable bonds is 3. The smallest absolute Gasteiger partial charge is 0.259 e. The number of carbonyl (C=O) groups excluding carboxylic acids is 1. The third kappa shape index (κ3) is 2.81. The van der Waals surface area contributed by atoms with Crippen LogP contribution in [0.2, 0.25) is 0 Å². The van der Waals surface area contributed by atoms with E-state index in [1.807, 2.05) is 0 Å². The van der Waals surface area contributed by atoms with Gasteiger partial charge in [0, 0.05) is 7.05 Å². The first-order chi connectivity index (χ1) is 8.99. The van der Waals surface area contributed by atoms with Crippen LogP contribution in [0.3, 0.4) is 0 Å². The van der Waals surface area contributed by atoms with Gasteiger partial charge in [-0.25, -0.2) is 8.78 Å². The van der Waals surface area contributed by atoms with Crippen LogP contribution >= 0.6 is 0 Å². The summed E-state index contributed by atoms with van der Waals surface area (Å²) >= 11 is 0. The van der Waals surface area contributed by atoms with E-state index >= 15 is 0 Å². The summed E-state index contributed by atoms with van der Waals surface area (Å²) in [5, 5.41) is 0. The van der Waals surface area contributed by atoms with Crippen molar-refractivity contribution in [2.75, 3.05) is 7.05 Å². The molecule has 0 bridgehead atoms. The molecule has 3 nitrogen and oxygen atoms in total. The minimum Gasteiger partial charge on any atom is -0.464 e. The van der Waals surface area contributed by atoms with Crippen LogP contribution < -0.4 is 0 Å². The maximum Gasteiger partial charge on any atom is 0.259 e. The van der Waals surface area contributed by atoms with Crippen LogP contribution in [0.5, 0.6) is 0 Å².